The summed E-state index contributed by atoms with van der Waals surface area (Å²) < 4.78 is 2.02. The van der Waals surface area contributed by atoms with Crippen molar-refractivity contribution in [2.45, 2.75) is 45.3 Å². The fraction of sp³-hybridized carbons (Fsp3) is 0.444. The van der Waals surface area contributed by atoms with Crippen LogP contribution in [-0.4, -0.2) is 27.1 Å². The Morgan fingerprint density at radius 2 is 2.04 bits per heavy atom. The number of aliphatic hydroxyl groups is 1. The largest absolute Gasteiger partial charge is 0.388 e. The lowest BCUT2D eigenvalue weighted by atomic mass is 10.1. The van der Waals surface area contributed by atoms with Crippen LogP contribution in [0, 0.1) is 0 Å². The van der Waals surface area contributed by atoms with E-state index in [-0.39, 0.29) is 5.91 Å². The second-order valence-electron chi connectivity index (χ2n) is 5.95. The normalized spacial score (nSPS) is 12.3. The molecule has 0 spiro atoms. The molecule has 0 aliphatic rings. The van der Waals surface area contributed by atoms with E-state index < -0.39 is 6.10 Å². The van der Waals surface area contributed by atoms with Gasteiger partial charge in [-0.25, -0.2) is 4.98 Å². The van der Waals surface area contributed by atoms with Crippen LogP contribution in [0.15, 0.2) is 42.7 Å². The van der Waals surface area contributed by atoms with Gasteiger partial charge in [0, 0.05) is 37.8 Å². The summed E-state index contributed by atoms with van der Waals surface area (Å²) >= 11 is 0. The van der Waals surface area contributed by atoms with E-state index in [0.29, 0.717) is 31.8 Å². The maximum Gasteiger partial charge on any atom is 0.221 e. The maximum atomic E-state index is 11.9. The summed E-state index contributed by atoms with van der Waals surface area (Å²) in [7, 11) is 0. The van der Waals surface area contributed by atoms with Crippen molar-refractivity contribution >= 4 is 5.91 Å². The topological polar surface area (TPSA) is 67.2 Å². The Kier molecular flexibility index (Phi) is 6.35. The molecule has 5 heteroatoms. The third-order valence-electron chi connectivity index (χ3n) is 3.77. The van der Waals surface area contributed by atoms with Gasteiger partial charge in [-0.1, -0.05) is 44.2 Å². The van der Waals surface area contributed by atoms with Crippen LogP contribution in [0.5, 0.6) is 0 Å². The predicted octanol–water partition coefficient (Wildman–Crippen LogP) is 2.64. The summed E-state index contributed by atoms with van der Waals surface area (Å²) in [5, 5.41) is 12.9. The number of benzene rings is 1. The molecule has 124 valence electrons. The van der Waals surface area contributed by atoms with Crippen molar-refractivity contribution in [3.63, 3.8) is 0 Å². The SMILES string of the molecule is CC(C)c1nccn1CCC(=O)NCCC(O)c1ccccc1. The van der Waals surface area contributed by atoms with Crippen LogP contribution in [0.1, 0.15) is 50.1 Å². The second kappa shape index (κ2) is 8.48. The highest BCUT2D eigenvalue weighted by Crippen LogP contribution is 2.15. The first-order valence-electron chi connectivity index (χ1n) is 8.08. The lowest BCUT2D eigenvalue weighted by molar-refractivity contribution is -0.121. The molecule has 2 aromatic rings. The van der Waals surface area contributed by atoms with E-state index in [0.717, 1.165) is 11.4 Å². The van der Waals surface area contributed by atoms with Crippen LogP contribution in [0.3, 0.4) is 0 Å². The van der Waals surface area contributed by atoms with Gasteiger partial charge in [-0.3, -0.25) is 4.79 Å². The van der Waals surface area contributed by atoms with Crippen molar-refractivity contribution in [2.24, 2.45) is 0 Å². The average Bonchev–Trinajstić information content (AvgIpc) is 3.02. The van der Waals surface area contributed by atoms with Crippen LogP contribution < -0.4 is 5.32 Å². The summed E-state index contributed by atoms with van der Waals surface area (Å²) in [5.41, 5.74) is 0.877. The van der Waals surface area contributed by atoms with E-state index >= 15 is 0 Å². The van der Waals surface area contributed by atoms with E-state index in [4.69, 9.17) is 0 Å². The standard InChI is InChI=1S/C18H25N3O2/c1-14(2)18-20-11-13-21(18)12-9-17(23)19-10-8-16(22)15-6-4-3-5-7-15/h3-7,11,13-14,16,22H,8-10,12H2,1-2H3,(H,19,23). The number of aromatic nitrogens is 2. The summed E-state index contributed by atoms with van der Waals surface area (Å²) in [6.45, 7) is 5.27. The number of carbonyl (C=O) groups is 1. The number of amides is 1. The summed E-state index contributed by atoms with van der Waals surface area (Å²) in [6.07, 6.45) is 4.05. The Morgan fingerprint density at radius 3 is 2.74 bits per heavy atom. The number of aryl methyl sites for hydroxylation is 1. The van der Waals surface area contributed by atoms with Gasteiger partial charge >= 0.3 is 0 Å². The van der Waals surface area contributed by atoms with Crippen LogP contribution in [0.25, 0.3) is 0 Å². The van der Waals surface area contributed by atoms with Crippen molar-refractivity contribution in [2.75, 3.05) is 6.54 Å². The minimum absolute atomic E-state index is 0.00586. The van der Waals surface area contributed by atoms with E-state index in [9.17, 15) is 9.90 Å². The number of nitrogens with one attached hydrogen (secondary N) is 1. The molecule has 1 amide bonds. The Labute approximate surface area is 137 Å². The molecule has 0 radical (unpaired) electrons. The summed E-state index contributed by atoms with van der Waals surface area (Å²) in [5.74, 6) is 1.33. The van der Waals surface area contributed by atoms with Crippen molar-refractivity contribution in [1.82, 2.24) is 14.9 Å². The van der Waals surface area contributed by atoms with E-state index in [1.54, 1.807) is 6.20 Å². The number of carbonyl (C=O) groups excluding carboxylic acids is 1. The molecule has 0 saturated heterocycles. The molecule has 23 heavy (non-hydrogen) atoms. The third-order valence-corrected chi connectivity index (χ3v) is 3.77. The molecular formula is C18H25N3O2. The lowest BCUT2D eigenvalue weighted by Gasteiger charge is -2.12. The first-order chi connectivity index (χ1) is 11.1. The van der Waals surface area contributed by atoms with Gasteiger partial charge in [-0.2, -0.15) is 0 Å². The van der Waals surface area contributed by atoms with Crippen molar-refractivity contribution in [3.8, 4) is 0 Å². The van der Waals surface area contributed by atoms with Gasteiger partial charge in [0.05, 0.1) is 6.10 Å². The third kappa shape index (κ3) is 5.21. The molecule has 1 aromatic carbocycles. The van der Waals surface area contributed by atoms with Crippen LogP contribution in [-0.2, 0) is 11.3 Å². The van der Waals surface area contributed by atoms with Crippen LogP contribution in [0.2, 0.25) is 0 Å². The lowest BCUT2D eigenvalue weighted by Crippen LogP contribution is -2.26. The highest BCUT2D eigenvalue weighted by Gasteiger charge is 2.10. The van der Waals surface area contributed by atoms with E-state index in [1.807, 2.05) is 41.1 Å². The first-order valence-corrected chi connectivity index (χ1v) is 8.08. The van der Waals surface area contributed by atoms with Crippen molar-refractivity contribution < 1.29 is 9.90 Å². The monoisotopic (exact) mass is 315 g/mol. The zero-order chi connectivity index (χ0) is 16.7. The van der Waals surface area contributed by atoms with Crippen LogP contribution in [0.4, 0.5) is 0 Å². The Morgan fingerprint density at radius 1 is 1.30 bits per heavy atom. The number of nitrogens with zero attached hydrogens (tertiary/aromatic N) is 2. The zero-order valence-electron chi connectivity index (χ0n) is 13.8. The smallest absolute Gasteiger partial charge is 0.221 e. The maximum absolute atomic E-state index is 11.9. The van der Waals surface area contributed by atoms with Crippen molar-refractivity contribution in [3.05, 3.63) is 54.1 Å². The fourth-order valence-corrected chi connectivity index (χ4v) is 2.51. The Balaban J connectivity index is 1.70. The molecule has 2 rings (SSSR count). The number of imidazole rings is 1. The van der Waals surface area contributed by atoms with Gasteiger partial charge in [0.25, 0.3) is 0 Å². The minimum atomic E-state index is -0.544. The molecule has 1 atom stereocenters. The Bertz CT molecular complexity index is 608. The predicted molar refractivity (Wildman–Crippen MR) is 90.0 cm³/mol. The van der Waals surface area contributed by atoms with Gasteiger partial charge < -0.3 is 15.0 Å². The molecule has 1 aromatic heterocycles. The highest BCUT2D eigenvalue weighted by atomic mass is 16.3. The summed E-state index contributed by atoms with van der Waals surface area (Å²) in [4.78, 5) is 16.2. The van der Waals surface area contributed by atoms with Gasteiger partial charge in [-0.05, 0) is 12.0 Å². The Hall–Kier alpha value is -2.14. The quantitative estimate of drug-likeness (QED) is 0.787. The average molecular weight is 315 g/mol. The van der Waals surface area contributed by atoms with Crippen LogP contribution >= 0.6 is 0 Å². The van der Waals surface area contributed by atoms with E-state index in [2.05, 4.69) is 24.1 Å². The fourth-order valence-electron chi connectivity index (χ4n) is 2.51. The molecule has 5 nitrogen and oxygen atoms in total. The van der Waals surface area contributed by atoms with Crippen molar-refractivity contribution in [1.29, 1.82) is 0 Å². The molecule has 0 fully saturated rings. The molecule has 1 heterocycles. The van der Waals surface area contributed by atoms with Gasteiger partial charge in [0.2, 0.25) is 5.91 Å². The zero-order valence-corrected chi connectivity index (χ0v) is 13.8. The van der Waals surface area contributed by atoms with E-state index in [1.165, 1.54) is 0 Å². The molecule has 0 saturated carbocycles. The molecule has 2 N–H and O–H groups in total. The number of aliphatic hydroxyl groups excluding tert-OH is 1. The summed E-state index contributed by atoms with van der Waals surface area (Å²) in [6, 6.07) is 9.49. The molecule has 0 bridgehead atoms. The van der Waals surface area contributed by atoms with Gasteiger partial charge in [0.1, 0.15) is 5.82 Å². The molecule has 1 unspecified atom stereocenters. The molecule has 0 aliphatic carbocycles. The minimum Gasteiger partial charge on any atom is -0.388 e. The number of hydrogen-bond acceptors (Lipinski definition) is 3. The van der Waals surface area contributed by atoms with Gasteiger partial charge in [0.15, 0.2) is 0 Å². The number of hydrogen-bond donors (Lipinski definition) is 2. The highest BCUT2D eigenvalue weighted by molar-refractivity contribution is 5.75. The van der Waals surface area contributed by atoms with Gasteiger partial charge in [-0.15, -0.1) is 0 Å². The molecular weight excluding hydrogens is 290 g/mol. The molecule has 0 aliphatic heterocycles. The second-order valence-corrected chi connectivity index (χ2v) is 5.95. The number of rotatable bonds is 8. The first kappa shape index (κ1) is 17.2.